The molecule has 1 aliphatic heterocycles. The van der Waals surface area contributed by atoms with Gasteiger partial charge in [0.1, 0.15) is 6.04 Å². The zero-order chi connectivity index (χ0) is 16.4. The molecule has 1 N–H and O–H groups in total. The Bertz CT molecular complexity index is 772. The second-order valence-electron chi connectivity index (χ2n) is 4.90. The molecule has 2 heterocycles. The number of allylic oxidation sites excluding steroid dienone is 1. The molecule has 7 heteroatoms. The Morgan fingerprint density at radius 3 is 2.78 bits per heavy atom. The van der Waals surface area contributed by atoms with E-state index in [1.807, 2.05) is 17.5 Å². The standard InChI is InChI=1S/C16H13BrCl2N3S/c1-2-10-13(8-17)21-15(16-20-5-6-23-16)22-14(10)11-4-3-9(18)7-12(11)19/h3-7,14H,1-2,8H2,(H,21,22). The fraction of sp³-hybridized carbons (Fsp3) is 0.188. The molecule has 0 bridgehead atoms. The lowest BCUT2D eigenvalue weighted by molar-refractivity contribution is 0.761. The number of benzene rings is 1. The molecule has 0 saturated carbocycles. The maximum absolute atomic E-state index is 6.41. The Morgan fingerprint density at radius 1 is 1.35 bits per heavy atom. The molecule has 2 aromatic rings. The summed E-state index contributed by atoms with van der Waals surface area (Å²) in [6.45, 7) is 4.05. The Hall–Kier alpha value is -0.880. The van der Waals surface area contributed by atoms with Gasteiger partial charge in [-0.05, 0) is 36.6 Å². The monoisotopic (exact) mass is 428 g/mol. The van der Waals surface area contributed by atoms with E-state index >= 15 is 0 Å². The first kappa shape index (κ1) is 17.0. The van der Waals surface area contributed by atoms with Crippen molar-refractivity contribution in [3.63, 3.8) is 0 Å². The minimum Gasteiger partial charge on any atom is -0.341 e. The third-order valence-electron chi connectivity index (χ3n) is 3.54. The number of aliphatic imine (C=N–C) groups is 1. The van der Waals surface area contributed by atoms with Crippen molar-refractivity contribution in [1.82, 2.24) is 10.3 Å². The average molecular weight is 430 g/mol. The second-order valence-corrected chi connectivity index (χ2v) is 7.19. The molecule has 0 amide bonds. The third kappa shape index (κ3) is 3.48. The van der Waals surface area contributed by atoms with Crippen LogP contribution in [0.4, 0.5) is 0 Å². The predicted molar refractivity (Wildman–Crippen MR) is 102 cm³/mol. The van der Waals surface area contributed by atoms with Crippen molar-refractivity contribution in [2.24, 2.45) is 4.99 Å². The number of alkyl halides is 1. The minimum absolute atomic E-state index is 0.190. The van der Waals surface area contributed by atoms with Gasteiger partial charge in [0, 0.05) is 32.6 Å². The van der Waals surface area contributed by atoms with Crippen LogP contribution in [0.1, 0.15) is 23.0 Å². The molecule has 119 valence electrons. The summed E-state index contributed by atoms with van der Waals surface area (Å²) in [6.07, 6.45) is 2.40. The molecule has 1 aromatic heterocycles. The molecule has 0 aliphatic carbocycles. The zero-order valence-electron chi connectivity index (χ0n) is 12.0. The molecule has 3 nitrogen and oxygen atoms in total. The van der Waals surface area contributed by atoms with E-state index in [-0.39, 0.29) is 6.04 Å². The van der Waals surface area contributed by atoms with Crippen molar-refractivity contribution in [1.29, 1.82) is 0 Å². The molecule has 1 aliphatic rings. The molecule has 1 radical (unpaired) electrons. The first-order valence-corrected chi connectivity index (χ1v) is 9.66. The molecular formula is C16H13BrCl2N3S. The van der Waals surface area contributed by atoms with Crippen LogP contribution < -0.4 is 5.32 Å². The van der Waals surface area contributed by atoms with E-state index in [1.54, 1.807) is 23.6 Å². The number of halogens is 3. The van der Waals surface area contributed by atoms with Gasteiger partial charge in [0.05, 0.1) is 0 Å². The summed E-state index contributed by atoms with van der Waals surface area (Å²) in [5.74, 6) is 0.752. The van der Waals surface area contributed by atoms with Gasteiger partial charge in [-0.3, -0.25) is 4.99 Å². The first-order valence-electron chi connectivity index (χ1n) is 6.90. The maximum Gasteiger partial charge on any atom is 0.163 e. The topological polar surface area (TPSA) is 37.3 Å². The van der Waals surface area contributed by atoms with Gasteiger partial charge in [-0.25, -0.2) is 4.98 Å². The van der Waals surface area contributed by atoms with E-state index in [9.17, 15) is 0 Å². The Balaban J connectivity index is 2.11. The number of nitrogens with zero attached hydrogens (tertiary/aromatic N) is 2. The highest BCUT2D eigenvalue weighted by molar-refractivity contribution is 9.09. The number of nitrogens with one attached hydrogen (secondary N) is 1. The van der Waals surface area contributed by atoms with Gasteiger partial charge in [0.25, 0.3) is 0 Å². The van der Waals surface area contributed by atoms with Crippen LogP contribution in [0.5, 0.6) is 0 Å². The van der Waals surface area contributed by atoms with E-state index in [2.05, 4.69) is 33.2 Å². The van der Waals surface area contributed by atoms with Crippen LogP contribution in [0, 0.1) is 6.92 Å². The molecule has 0 fully saturated rings. The average Bonchev–Trinajstić information content (AvgIpc) is 3.08. The number of thiazole rings is 1. The van der Waals surface area contributed by atoms with Crippen LogP contribution in [-0.4, -0.2) is 16.1 Å². The van der Waals surface area contributed by atoms with Gasteiger partial charge >= 0.3 is 0 Å². The predicted octanol–water partition coefficient (Wildman–Crippen LogP) is 5.41. The second kappa shape index (κ2) is 7.34. The normalized spacial score (nSPS) is 17.9. The van der Waals surface area contributed by atoms with E-state index in [0.717, 1.165) is 27.7 Å². The summed E-state index contributed by atoms with van der Waals surface area (Å²) in [6, 6.07) is 5.31. The van der Waals surface area contributed by atoms with Gasteiger partial charge in [0.15, 0.2) is 10.8 Å². The van der Waals surface area contributed by atoms with E-state index in [4.69, 9.17) is 28.2 Å². The number of aromatic nitrogens is 1. The summed E-state index contributed by atoms with van der Waals surface area (Å²) < 4.78 is 0. The van der Waals surface area contributed by atoms with Crippen LogP contribution in [0.15, 0.2) is 46.0 Å². The number of hydrogen-bond donors (Lipinski definition) is 1. The summed E-state index contributed by atoms with van der Waals surface area (Å²) in [4.78, 5) is 9.18. The number of amidine groups is 1. The molecule has 3 rings (SSSR count). The number of rotatable bonds is 4. The van der Waals surface area contributed by atoms with Crippen LogP contribution in [0.25, 0.3) is 0 Å². The zero-order valence-corrected chi connectivity index (χ0v) is 15.9. The quantitative estimate of drug-likeness (QED) is 0.659. The molecule has 0 saturated heterocycles. The lowest BCUT2D eigenvalue weighted by atomic mass is 9.94. The highest BCUT2D eigenvalue weighted by atomic mass is 79.9. The largest absolute Gasteiger partial charge is 0.341 e. The Morgan fingerprint density at radius 2 is 2.17 bits per heavy atom. The van der Waals surface area contributed by atoms with Crippen molar-refractivity contribution in [2.75, 3.05) is 5.33 Å². The van der Waals surface area contributed by atoms with Gasteiger partial charge in [-0.2, -0.15) is 0 Å². The highest BCUT2D eigenvalue weighted by Gasteiger charge is 2.27. The lowest BCUT2D eigenvalue weighted by Crippen LogP contribution is -2.31. The van der Waals surface area contributed by atoms with Crippen LogP contribution in [-0.2, 0) is 0 Å². The van der Waals surface area contributed by atoms with Crippen molar-refractivity contribution < 1.29 is 0 Å². The molecule has 0 spiro atoms. The molecule has 23 heavy (non-hydrogen) atoms. The molecular weight excluding hydrogens is 417 g/mol. The fourth-order valence-corrected chi connectivity index (χ4v) is 4.06. The van der Waals surface area contributed by atoms with Crippen molar-refractivity contribution in [2.45, 2.75) is 12.5 Å². The summed E-state index contributed by atoms with van der Waals surface area (Å²) in [7, 11) is 0. The van der Waals surface area contributed by atoms with E-state index in [0.29, 0.717) is 21.8 Å². The van der Waals surface area contributed by atoms with Crippen LogP contribution in [0.3, 0.4) is 0 Å². The van der Waals surface area contributed by atoms with Crippen molar-refractivity contribution in [3.8, 4) is 0 Å². The van der Waals surface area contributed by atoms with E-state index < -0.39 is 0 Å². The number of hydrogen-bond acceptors (Lipinski definition) is 4. The third-order valence-corrected chi connectivity index (χ3v) is 5.44. The molecule has 1 atom stereocenters. The van der Waals surface area contributed by atoms with Gasteiger partial charge in [-0.15, -0.1) is 11.3 Å². The van der Waals surface area contributed by atoms with Gasteiger partial charge in [-0.1, -0.05) is 45.2 Å². The molecule has 1 unspecified atom stereocenters. The Kier molecular flexibility index (Phi) is 5.42. The van der Waals surface area contributed by atoms with Crippen molar-refractivity contribution >= 4 is 56.3 Å². The smallest absolute Gasteiger partial charge is 0.163 e. The maximum atomic E-state index is 6.41. The SMILES string of the molecule is [CH2]CC1=C(CBr)NC(c2nccs2)=NC1c1ccc(Cl)cc1Cl. The van der Waals surface area contributed by atoms with Gasteiger partial charge < -0.3 is 5.32 Å². The van der Waals surface area contributed by atoms with Crippen molar-refractivity contribution in [3.05, 3.63) is 68.6 Å². The molecule has 1 aromatic carbocycles. The lowest BCUT2D eigenvalue weighted by Gasteiger charge is -2.27. The van der Waals surface area contributed by atoms with Gasteiger partial charge in [0.2, 0.25) is 0 Å². The summed E-state index contributed by atoms with van der Waals surface area (Å²) in [5, 5.41) is 8.03. The minimum atomic E-state index is -0.190. The first-order chi connectivity index (χ1) is 11.1. The summed E-state index contributed by atoms with van der Waals surface area (Å²) in [5.41, 5.74) is 3.08. The fourth-order valence-electron chi connectivity index (χ4n) is 2.46. The van der Waals surface area contributed by atoms with E-state index in [1.165, 1.54) is 0 Å². The Labute approximate surface area is 157 Å². The van der Waals surface area contributed by atoms with Crippen LogP contribution in [0.2, 0.25) is 10.0 Å². The highest BCUT2D eigenvalue weighted by Crippen LogP contribution is 2.38. The summed E-state index contributed by atoms with van der Waals surface area (Å²) >= 11 is 17.5. The van der Waals surface area contributed by atoms with Crippen LogP contribution >= 0.6 is 50.5 Å².